The van der Waals surface area contributed by atoms with Crippen LogP contribution in [0.2, 0.25) is 0 Å². The highest BCUT2D eigenvalue weighted by Crippen LogP contribution is 2.07. The summed E-state index contributed by atoms with van der Waals surface area (Å²) in [6.45, 7) is 0. The average molecular weight is 235 g/mol. The van der Waals surface area contributed by atoms with Crippen LogP contribution in [-0.2, 0) is 11.2 Å². The number of aromatic nitrogens is 3. The highest BCUT2D eigenvalue weighted by molar-refractivity contribution is 5.72. The lowest BCUT2D eigenvalue weighted by molar-refractivity contribution is -0.142. The minimum atomic E-state index is -1.95. The van der Waals surface area contributed by atoms with Gasteiger partial charge in [-0.2, -0.15) is 15.0 Å². The smallest absolute Gasteiger partial charge is 0.338 e. The van der Waals surface area contributed by atoms with Gasteiger partial charge in [-0.1, -0.05) is 18.2 Å². The number of carboxylic acids is 1. The first-order valence-electron chi connectivity index (χ1n) is 5.00. The maximum Gasteiger partial charge on any atom is 0.338 e. The summed E-state index contributed by atoms with van der Waals surface area (Å²) in [5.74, 6) is -1.49. The molecule has 88 valence electrons. The molecule has 1 atom stereocenters. The Kier molecular flexibility index (Phi) is 3.13. The number of nitrogens with zero attached hydrogens (tertiary/aromatic N) is 3. The summed E-state index contributed by atoms with van der Waals surface area (Å²) in [6.07, 6.45) is -0.860. The summed E-state index contributed by atoms with van der Waals surface area (Å²) in [4.78, 5) is 11.7. The molecule has 1 heterocycles. The highest BCUT2D eigenvalue weighted by Gasteiger charge is 2.18. The lowest BCUT2D eigenvalue weighted by Gasteiger charge is -1.99. The van der Waals surface area contributed by atoms with Gasteiger partial charge in [-0.25, -0.2) is 9.18 Å². The van der Waals surface area contributed by atoms with Crippen molar-refractivity contribution in [3.63, 3.8) is 0 Å². The highest BCUT2D eigenvalue weighted by atomic mass is 19.1. The first-order chi connectivity index (χ1) is 8.16. The standard InChI is InChI=1S/C11H10FN3O2/c12-10(11(16)17)6-8-7-13-15(14-8)9-4-2-1-3-5-9/h1-5,7,10H,6H2,(H,16,17). The third-order valence-corrected chi connectivity index (χ3v) is 2.18. The number of hydrogen-bond donors (Lipinski definition) is 1. The molecule has 1 aromatic heterocycles. The lowest BCUT2D eigenvalue weighted by atomic mass is 10.2. The topological polar surface area (TPSA) is 68.0 Å². The van der Waals surface area contributed by atoms with Crippen LogP contribution in [0.1, 0.15) is 5.69 Å². The van der Waals surface area contributed by atoms with Gasteiger partial charge < -0.3 is 5.11 Å². The molecule has 0 aliphatic heterocycles. The Morgan fingerprint density at radius 2 is 2.12 bits per heavy atom. The lowest BCUT2D eigenvalue weighted by Crippen LogP contribution is -2.17. The zero-order chi connectivity index (χ0) is 12.3. The quantitative estimate of drug-likeness (QED) is 0.865. The monoisotopic (exact) mass is 235 g/mol. The predicted octanol–water partition coefficient (Wildman–Crippen LogP) is 1.23. The van der Waals surface area contributed by atoms with E-state index >= 15 is 0 Å². The van der Waals surface area contributed by atoms with E-state index in [1.807, 2.05) is 18.2 Å². The third-order valence-electron chi connectivity index (χ3n) is 2.18. The molecule has 0 bridgehead atoms. The molecule has 0 fully saturated rings. The molecule has 5 nitrogen and oxygen atoms in total. The Balaban J connectivity index is 2.14. The summed E-state index contributed by atoms with van der Waals surface area (Å²) in [7, 11) is 0. The molecule has 2 rings (SSSR count). The maximum atomic E-state index is 12.9. The van der Waals surface area contributed by atoms with Gasteiger partial charge in [0.2, 0.25) is 6.17 Å². The second-order valence-corrected chi connectivity index (χ2v) is 3.47. The van der Waals surface area contributed by atoms with E-state index in [-0.39, 0.29) is 6.42 Å². The normalized spacial score (nSPS) is 12.3. The zero-order valence-corrected chi connectivity index (χ0v) is 8.82. The molecule has 0 aliphatic rings. The van der Waals surface area contributed by atoms with Crippen molar-refractivity contribution < 1.29 is 14.3 Å². The molecule has 17 heavy (non-hydrogen) atoms. The molecule has 1 aromatic carbocycles. The Morgan fingerprint density at radius 3 is 2.76 bits per heavy atom. The second-order valence-electron chi connectivity index (χ2n) is 3.47. The summed E-state index contributed by atoms with van der Waals surface area (Å²) in [6, 6.07) is 9.11. The van der Waals surface area contributed by atoms with Crippen molar-refractivity contribution in [2.75, 3.05) is 0 Å². The van der Waals surface area contributed by atoms with Gasteiger partial charge in [0.15, 0.2) is 0 Å². The molecular formula is C11H10FN3O2. The molecule has 1 unspecified atom stereocenters. The van der Waals surface area contributed by atoms with E-state index in [2.05, 4.69) is 10.2 Å². The van der Waals surface area contributed by atoms with Gasteiger partial charge in [-0.3, -0.25) is 0 Å². The molecule has 0 saturated heterocycles. The molecule has 6 heteroatoms. The Morgan fingerprint density at radius 1 is 1.41 bits per heavy atom. The number of para-hydroxylation sites is 1. The molecule has 2 aromatic rings. The van der Waals surface area contributed by atoms with Gasteiger partial charge in [0.25, 0.3) is 0 Å². The van der Waals surface area contributed by atoms with Crippen LogP contribution in [0.4, 0.5) is 4.39 Å². The third kappa shape index (κ3) is 2.66. The van der Waals surface area contributed by atoms with Crippen LogP contribution in [0, 0.1) is 0 Å². The molecule has 0 spiro atoms. The molecule has 1 N–H and O–H groups in total. The van der Waals surface area contributed by atoms with Gasteiger partial charge in [0.05, 0.1) is 17.6 Å². The van der Waals surface area contributed by atoms with E-state index in [0.29, 0.717) is 5.69 Å². The Labute approximate surface area is 96.5 Å². The minimum absolute atomic E-state index is 0.276. The van der Waals surface area contributed by atoms with Gasteiger partial charge in [0, 0.05) is 6.42 Å². The number of carbonyl (C=O) groups is 1. The summed E-state index contributed by atoms with van der Waals surface area (Å²) < 4.78 is 12.9. The van der Waals surface area contributed by atoms with Crippen LogP contribution in [0.25, 0.3) is 5.69 Å². The fourth-order valence-corrected chi connectivity index (χ4v) is 1.34. The van der Waals surface area contributed by atoms with E-state index in [4.69, 9.17) is 5.11 Å². The van der Waals surface area contributed by atoms with Gasteiger partial charge >= 0.3 is 5.97 Å². The van der Waals surface area contributed by atoms with Crippen LogP contribution in [0.5, 0.6) is 0 Å². The zero-order valence-electron chi connectivity index (χ0n) is 8.82. The second kappa shape index (κ2) is 4.73. The molecular weight excluding hydrogens is 225 g/mol. The SMILES string of the molecule is O=C(O)C(F)Cc1cnn(-c2ccccc2)n1. The number of rotatable bonds is 4. The fraction of sp³-hybridized carbons (Fsp3) is 0.182. The van der Waals surface area contributed by atoms with Crippen LogP contribution in [-0.4, -0.2) is 32.2 Å². The number of benzene rings is 1. The van der Waals surface area contributed by atoms with E-state index in [1.54, 1.807) is 12.1 Å². The van der Waals surface area contributed by atoms with Crippen LogP contribution < -0.4 is 0 Å². The Hall–Kier alpha value is -2.24. The number of alkyl halides is 1. The van der Waals surface area contributed by atoms with E-state index in [0.717, 1.165) is 5.69 Å². The summed E-state index contributed by atoms with van der Waals surface area (Å²) in [5.41, 5.74) is 1.05. The largest absolute Gasteiger partial charge is 0.479 e. The average Bonchev–Trinajstić information content (AvgIpc) is 2.78. The van der Waals surface area contributed by atoms with Crippen molar-refractivity contribution in [2.24, 2.45) is 0 Å². The predicted molar refractivity (Wildman–Crippen MR) is 57.6 cm³/mol. The molecule has 0 amide bonds. The van der Waals surface area contributed by atoms with Crippen LogP contribution in [0.15, 0.2) is 36.5 Å². The van der Waals surface area contributed by atoms with E-state index in [9.17, 15) is 9.18 Å². The van der Waals surface area contributed by atoms with Crippen molar-refractivity contribution in [3.8, 4) is 5.69 Å². The van der Waals surface area contributed by atoms with Crippen LogP contribution >= 0.6 is 0 Å². The van der Waals surface area contributed by atoms with Gasteiger partial charge in [-0.15, -0.1) is 0 Å². The van der Waals surface area contributed by atoms with Crippen LogP contribution in [0.3, 0.4) is 0 Å². The summed E-state index contributed by atoms with van der Waals surface area (Å²) in [5, 5.41) is 16.4. The van der Waals surface area contributed by atoms with E-state index in [1.165, 1.54) is 11.0 Å². The van der Waals surface area contributed by atoms with Crippen molar-refractivity contribution >= 4 is 5.97 Å². The fourth-order valence-electron chi connectivity index (χ4n) is 1.34. The summed E-state index contributed by atoms with van der Waals surface area (Å²) >= 11 is 0. The first-order valence-corrected chi connectivity index (χ1v) is 5.00. The number of carboxylic acid groups (broad SMARTS) is 1. The van der Waals surface area contributed by atoms with Crippen molar-refractivity contribution in [2.45, 2.75) is 12.6 Å². The van der Waals surface area contributed by atoms with Gasteiger partial charge in [-0.05, 0) is 12.1 Å². The number of hydrogen-bond acceptors (Lipinski definition) is 3. The van der Waals surface area contributed by atoms with E-state index < -0.39 is 12.1 Å². The van der Waals surface area contributed by atoms with Gasteiger partial charge in [0.1, 0.15) is 0 Å². The maximum absolute atomic E-state index is 12.9. The Bertz CT molecular complexity index is 512. The van der Waals surface area contributed by atoms with Crippen molar-refractivity contribution in [1.29, 1.82) is 0 Å². The molecule has 0 radical (unpaired) electrons. The number of halogens is 1. The molecule has 0 aliphatic carbocycles. The van der Waals surface area contributed by atoms with Crippen molar-refractivity contribution in [3.05, 3.63) is 42.2 Å². The number of aliphatic carboxylic acids is 1. The minimum Gasteiger partial charge on any atom is -0.479 e. The molecule has 0 saturated carbocycles. The van der Waals surface area contributed by atoms with Crippen molar-refractivity contribution in [1.82, 2.24) is 15.0 Å². The first kappa shape index (κ1) is 11.3.